The van der Waals surface area contributed by atoms with Crippen molar-refractivity contribution in [1.82, 2.24) is 0 Å². The zero-order valence-electron chi connectivity index (χ0n) is 19.5. The van der Waals surface area contributed by atoms with Crippen molar-refractivity contribution in [2.45, 2.75) is 51.9 Å². The predicted molar refractivity (Wildman–Crippen MR) is 134 cm³/mol. The van der Waals surface area contributed by atoms with E-state index in [0.29, 0.717) is 22.3 Å². The van der Waals surface area contributed by atoms with Crippen LogP contribution in [0.2, 0.25) is 13.1 Å². The number of fused-ring (bicyclic) bond motifs is 2. The van der Waals surface area contributed by atoms with Gasteiger partial charge in [-0.1, -0.05) is 60.6 Å². The minimum atomic E-state index is -4.46. The van der Waals surface area contributed by atoms with Gasteiger partial charge in [0.1, 0.15) is 9.81 Å². The zero-order valence-corrected chi connectivity index (χ0v) is 22.1. The summed E-state index contributed by atoms with van der Waals surface area (Å²) in [7, 11) is -11.5. The summed E-state index contributed by atoms with van der Waals surface area (Å²) in [4.78, 5) is -0.107. The molecule has 0 fully saturated rings. The third-order valence-corrected chi connectivity index (χ3v) is 13.7. The van der Waals surface area contributed by atoms with Crippen LogP contribution in [0.15, 0.2) is 47.5 Å². The largest absolute Gasteiger partial charge is 0.295 e. The highest BCUT2D eigenvalue weighted by Gasteiger charge is 2.51. The highest BCUT2D eigenvalue weighted by Crippen LogP contribution is 2.56. The molecule has 0 radical (unpaired) electrons. The second-order valence-corrected chi connectivity index (χ2v) is 17.4. The van der Waals surface area contributed by atoms with Crippen molar-refractivity contribution in [2.24, 2.45) is 0 Å². The Bertz CT molecular complexity index is 1370. The van der Waals surface area contributed by atoms with Crippen molar-refractivity contribution in [1.29, 1.82) is 0 Å². The van der Waals surface area contributed by atoms with Gasteiger partial charge in [0.2, 0.25) is 0 Å². The van der Waals surface area contributed by atoms with E-state index in [9.17, 15) is 25.9 Å². The van der Waals surface area contributed by atoms with E-state index in [4.69, 9.17) is 0 Å². The maximum absolute atomic E-state index is 12.4. The number of allylic oxidation sites excluding steroid dienone is 2. The topological polar surface area (TPSA) is 109 Å². The fraction of sp³-hybridized carbons (Fsp3) is 0.333. The molecular weight excluding hydrogens is 476 g/mol. The van der Waals surface area contributed by atoms with Gasteiger partial charge in [-0.3, -0.25) is 9.11 Å². The standard InChI is InChI=1S/C24H28O6S2Si/c1-13-7-9-17-19(11-13)23(15(3)21(17)31(25,26)27)33(5,6)24-16(4)22(32(28,29)30)18-10-8-14(2)12-20(18)24/h7-12,23-24H,1-6H3,(H,25,26,27)(H,28,29,30). The summed E-state index contributed by atoms with van der Waals surface area (Å²) >= 11 is 0. The normalized spacial score (nSPS) is 21.0. The molecule has 0 heterocycles. The van der Waals surface area contributed by atoms with Crippen LogP contribution in [0.4, 0.5) is 0 Å². The highest BCUT2D eigenvalue weighted by atomic mass is 32.2. The van der Waals surface area contributed by atoms with Crippen molar-refractivity contribution < 1.29 is 25.9 Å². The Morgan fingerprint density at radius 2 is 1.00 bits per heavy atom. The Labute approximate surface area is 196 Å². The molecule has 2 atom stereocenters. The van der Waals surface area contributed by atoms with Crippen LogP contribution in [0, 0.1) is 13.8 Å². The van der Waals surface area contributed by atoms with E-state index in [0.717, 1.165) is 22.3 Å². The molecule has 0 aromatic heterocycles. The lowest BCUT2D eigenvalue weighted by atomic mass is 10.1. The summed E-state index contributed by atoms with van der Waals surface area (Å²) in [5, 5.41) is 0. The van der Waals surface area contributed by atoms with E-state index in [1.54, 1.807) is 26.0 Å². The van der Waals surface area contributed by atoms with Crippen molar-refractivity contribution in [3.05, 3.63) is 80.9 Å². The summed E-state index contributed by atoms with van der Waals surface area (Å²) < 4.78 is 69.6. The minimum absolute atomic E-state index is 0.0535. The number of benzene rings is 2. The van der Waals surface area contributed by atoms with Gasteiger partial charge in [-0.2, -0.15) is 16.8 Å². The monoisotopic (exact) mass is 504 g/mol. The molecule has 2 N–H and O–H groups in total. The number of hydrogen-bond acceptors (Lipinski definition) is 4. The summed E-state index contributed by atoms with van der Waals surface area (Å²) in [5.74, 6) is 0. The molecule has 6 nitrogen and oxygen atoms in total. The molecule has 2 aromatic rings. The molecule has 0 saturated carbocycles. The van der Waals surface area contributed by atoms with Gasteiger partial charge in [0.15, 0.2) is 0 Å². The molecule has 2 aliphatic carbocycles. The second-order valence-electron chi connectivity index (χ2n) is 9.84. The van der Waals surface area contributed by atoms with Crippen LogP contribution in [0.1, 0.15) is 58.3 Å². The van der Waals surface area contributed by atoms with E-state index >= 15 is 0 Å². The first-order valence-electron chi connectivity index (χ1n) is 10.6. The number of rotatable bonds is 4. The van der Waals surface area contributed by atoms with Crippen LogP contribution in [0.25, 0.3) is 9.81 Å². The van der Waals surface area contributed by atoms with E-state index < -0.39 is 28.3 Å². The fourth-order valence-corrected chi connectivity index (χ4v) is 13.3. The Hall–Kier alpha value is -2.04. The van der Waals surface area contributed by atoms with Crippen molar-refractivity contribution in [3.8, 4) is 0 Å². The molecule has 0 saturated heterocycles. The zero-order chi connectivity index (χ0) is 24.7. The fourth-order valence-electron chi connectivity index (χ4n) is 6.18. The molecule has 9 heteroatoms. The van der Waals surface area contributed by atoms with Gasteiger partial charge < -0.3 is 0 Å². The minimum Gasteiger partial charge on any atom is -0.282 e. The van der Waals surface area contributed by atoms with Gasteiger partial charge in [-0.25, -0.2) is 0 Å². The smallest absolute Gasteiger partial charge is 0.282 e. The Morgan fingerprint density at radius 1 is 0.667 bits per heavy atom. The number of hydrogen-bond donors (Lipinski definition) is 2. The van der Waals surface area contributed by atoms with Crippen LogP contribution < -0.4 is 0 Å². The Kier molecular flexibility index (Phi) is 5.46. The molecular formula is C24H28O6S2Si. The van der Waals surface area contributed by atoms with E-state index in [1.807, 2.05) is 38.1 Å². The van der Waals surface area contributed by atoms with Crippen LogP contribution in [0.5, 0.6) is 0 Å². The lowest BCUT2D eigenvalue weighted by Crippen LogP contribution is -2.42. The van der Waals surface area contributed by atoms with Crippen molar-refractivity contribution >= 4 is 38.1 Å². The van der Waals surface area contributed by atoms with Gasteiger partial charge in [0, 0.05) is 11.1 Å². The van der Waals surface area contributed by atoms with Crippen molar-refractivity contribution in [2.75, 3.05) is 0 Å². The molecule has 33 heavy (non-hydrogen) atoms. The van der Waals surface area contributed by atoms with E-state index in [-0.39, 0.29) is 20.9 Å². The second kappa shape index (κ2) is 7.48. The molecule has 2 aromatic carbocycles. The molecule has 0 amide bonds. The van der Waals surface area contributed by atoms with E-state index in [2.05, 4.69) is 13.1 Å². The SMILES string of the molecule is CC1=C(S(=O)(=O)O)c2ccc(C)cc2C1[Si](C)(C)C1C(C)=C(S(=O)(=O)O)c2ccc(C)cc21. The first-order valence-corrected chi connectivity index (χ1v) is 16.7. The predicted octanol–water partition coefficient (Wildman–Crippen LogP) is 5.22. The maximum Gasteiger partial charge on any atom is 0.295 e. The summed E-state index contributed by atoms with van der Waals surface area (Å²) in [6.45, 7) is 11.6. The first-order chi connectivity index (χ1) is 15.1. The average molecular weight is 505 g/mol. The van der Waals surface area contributed by atoms with E-state index in [1.165, 1.54) is 0 Å². The molecule has 0 aliphatic heterocycles. The third-order valence-electron chi connectivity index (χ3n) is 7.11. The van der Waals surface area contributed by atoms with Gasteiger partial charge in [-0.05, 0) is 61.1 Å². The Balaban J connectivity index is 2.03. The Morgan fingerprint density at radius 3 is 1.30 bits per heavy atom. The van der Waals surface area contributed by atoms with Gasteiger partial charge in [-0.15, -0.1) is 0 Å². The van der Waals surface area contributed by atoms with Crippen molar-refractivity contribution in [3.63, 3.8) is 0 Å². The third kappa shape index (κ3) is 3.66. The van der Waals surface area contributed by atoms with Crippen LogP contribution >= 0.6 is 0 Å². The van der Waals surface area contributed by atoms with Gasteiger partial charge >= 0.3 is 0 Å². The van der Waals surface area contributed by atoms with Crippen LogP contribution in [-0.4, -0.2) is 34.0 Å². The number of aryl methyl sites for hydroxylation is 2. The summed E-state index contributed by atoms with van der Waals surface area (Å²) in [6.07, 6.45) is 0. The molecule has 2 aliphatic rings. The maximum atomic E-state index is 12.4. The van der Waals surface area contributed by atoms with Crippen LogP contribution in [0.3, 0.4) is 0 Å². The van der Waals surface area contributed by atoms with Gasteiger partial charge in [0.25, 0.3) is 20.2 Å². The van der Waals surface area contributed by atoms with Gasteiger partial charge in [0.05, 0.1) is 8.07 Å². The molecule has 2 unspecified atom stereocenters. The molecule has 4 rings (SSSR count). The lowest BCUT2D eigenvalue weighted by Gasteiger charge is -2.39. The summed E-state index contributed by atoms with van der Waals surface area (Å²) in [6, 6.07) is 11.0. The highest BCUT2D eigenvalue weighted by molar-refractivity contribution is 7.95. The first kappa shape index (κ1) is 24.1. The van der Waals surface area contributed by atoms with Crippen LogP contribution in [-0.2, 0) is 20.2 Å². The lowest BCUT2D eigenvalue weighted by molar-refractivity contribution is 0.494. The quantitative estimate of drug-likeness (QED) is 0.436. The molecule has 176 valence electrons. The molecule has 0 bridgehead atoms. The average Bonchev–Trinajstić information content (AvgIpc) is 3.10. The molecule has 0 spiro atoms. The summed E-state index contributed by atoms with van der Waals surface area (Å²) in [5.41, 5.74) is 5.28.